The van der Waals surface area contributed by atoms with Gasteiger partial charge in [-0.05, 0) is 60.4 Å². The van der Waals surface area contributed by atoms with E-state index >= 15 is 0 Å². The Balaban J connectivity index is 1.14. The number of nitrogens with zero attached hydrogens (tertiary/aromatic N) is 2. The van der Waals surface area contributed by atoms with Gasteiger partial charge in [-0.2, -0.15) is 10.2 Å². The number of benzene rings is 2. The van der Waals surface area contributed by atoms with Crippen molar-refractivity contribution in [1.29, 1.82) is 0 Å². The molecule has 0 saturated carbocycles. The van der Waals surface area contributed by atoms with E-state index in [0.29, 0.717) is 153 Å². The molecule has 2 aliphatic heterocycles. The number of carbonyl (C=O) groups is 2. The van der Waals surface area contributed by atoms with Crippen LogP contribution in [0.2, 0.25) is 0 Å². The number of hydrogen-bond acceptors (Lipinski definition) is 14. The molecular formula is C36H50N4O12. The van der Waals surface area contributed by atoms with E-state index in [4.69, 9.17) is 47.4 Å². The molecule has 16 heteroatoms. The summed E-state index contributed by atoms with van der Waals surface area (Å²) in [5, 5.41) is 8.13. The van der Waals surface area contributed by atoms with Gasteiger partial charge in [0.2, 0.25) is 11.8 Å². The summed E-state index contributed by atoms with van der Waals surface area (Å²) in [5.41, 5.74) is 6.47. The Bertz CT molecular complexity index is 1290. The summed E-state index contributed by atoms with van der Waals surface area (Å²) >= 11 is 0. The molecular weight excluding hydrogens is 680 g/mol. The van der Waals surface area contributed by atoms with Crippen molar-refractivity contribution in [3.63, 3.8) is 0 Å². The predicted octanol–water partition coefficient (Wildman–Crippen LogP) is 2.49. The molecule has 2 aliphatic rings. The number of hydrazone groups is 2. The maximum Gasteiger partial charge on any atom is 0.240 e. The maximum atomic E-state index is 12.3. The van der Waals surface area contributed by atoms with Crippen LogP contribution >= 0.6 is 0 Å². The first kappa shape index (κ1) is 40.5. The lowest BCUT2D eigenvalue weighted by Gasteiger charge is -2.13. The Morgan fingerprint density at radius 1 is 0.462 bits per heavy atom. The van der Waals surface area contributed by atoms with E-state index in [-0.39, 0.29) is 24.7 Å². The van der Waals surface area contributed by atoms with Crippen molar-refractivity contribution in [3.05, 3.63) is 47.5 Å². The summed E-state index contributed by atoms with van der Waals surface area (Å²) in [6.07, 6.45) is 4.48. The molecule has 0 fully saturated rings. The molecule has 4 rings (SSSR count). The fourth-order valence-electron chi connectivity index (χ4n) is 4.64. The summed E-state index contributed by atoms with van der Waals surface area (Å²) in [6.45, 7) is 6.90. The first-order chi connectivity index (χ1) is 25.7. The number of nitrogens with one attached hydrogen (secondary N) is 2. The highest BCUT2D eigenvalue weighted by Gasteiger charge is 2.10. The smallest absolute Gasteiger partial charge is 0.240 e. The number of hydrogen-bond donors (Lipinski definition) is 2. The van der Waals surface area contributed by atoms with Crippen molar-refractivity contribution < 1.29 is 57.0 Å². The molecule has 0 spiro atoms. The lowest BCUT2D eigenvalue weighted by atomic mass is 10.2. The standard InChI is InChI=1S/C36H50N4O12/c41-35(39-37-27-29-5-7-31-33(25-29)51-23-19-47-15-11-43-9-13-45-17-21-49-31)3-1-2-4-36(42)40-38-28-30-6-8-32-34(26-30)52-24-20-48-16-12-44-10-14-46-18-22-50-32/h5-8,25-28H,1-4,9-24H2,(H,39,41)(H,40,42)/b37-27+,38-28+. The van der Waals surface area contributed by atoms with Crippen molar-refractivity contribution in [2.24, 2.45) is 10.2 Å². The first-order valence-electron chi connectivity index (χ1n) is 17.6. The zero-order valence-corrected chi connectivity index (χ0v) is 29.6. The molecule has 0 radical (unpaired) electrons. The molecule has 2 heterocycles. The molecule has 286 valence electrons. The van der Waals surface area contributed by atoms with Gasteiger partial charge in [-0.25, -0.2) is 10.9 Å². The zero-order valence-electron chi connectivity index (χ0n) is 29.6. The monoisotopic (exact) mass is 730 g/mol. The Morgan fingerprint density at radius 2 is 0.769 bits per heavy atom. The highest BCUT2D eigenvalue weighted by Crippen LogP contribution is 2.29. The molecule has 0 aromatic heterocycles. The van der Waals surface area contributed by atoms with E-state index in [2.05, 4.69) is 21.1 Å². The number of unbranched alkanes of at least 4 members (excludes halogenated alkanes) is 1. The van der Waals surface area contributed by atoms with Crippen molar-refractivity contribution in [2.45, 2.75) is 25.7 Å². The summed E-state index contributed by atoms with van der Waals surface area (Å²) in [4.78, 5) is 24.6. The van der Waals surface area contributed by atoms with Crippen LogP contribution in [0.5, 0.6) is 23.0 Å². The number of carbonyl (C=O) groups excluding carboxylic acids is 2. The topological polar surface area (TPSA) is 175 Å². The zero-order chi connectivity index (χ0) is 36.3. The number of rotatable bonds is 9. The van der Waals surface area contributed by atoms with Crippen LogP contribution in [0.3, 0.4) is 0 Å². The van der Waals surface area contributed by atoms with E-state index in [0.717, 1.165) is 0 Å². The van der Waals surface area contributed by atoms with Gasteiger partial charge in [0.15, 0.2) is 23.0 Å². The molecule has 0 saturated heterocycles. The van der Waals surface area contributed by atoms with Gasteiger partial charge in [0.1, 0.15) is 26.4 Å². The Kier molecular flexibility index (Phi) is 19.9. The number of ether oxygens (including phenoxy) is 10. The molecule has 0 bridgehead atoms. The Morgan fingerprint density at radius 3 is 1.12 bits per heavy atom. The summed E-state index contributed by atoms with van der Waals surface area (Å²) < 4.78 is 56.3. The van der Waals surface area contributed by atoms with E-state index in [9.17, 15) is 9.59 Å². The van der Waals surface area contributed by atoms with Crippen LogP contribution in [0.25, 0.3) is 0 Å². The van der Waals surface area contributed by atoms with Gasteiger partial charge in [0.25, 0.3) is 0 Å². The first-order valence-corrected chi connectivity index (χ1v) is 17.6. The SMILES string of the molecule is O=C(CCCCC(=O)N/N=C/c1ccc2c(c1)OCCOCCOCCOCCO2)N/N=C/c1ccc2c(c1)OCCOCCOCCOCCO2. The van der Waals surface area contributed by atoms with Crippen molar-refractivity contribution in [2.75, 3.05) is 106 Å². The molecule has 2 N–H and O–H groups in total. The van der Waals surface area contributed by atoms with Crippen molar-refractivity contribution in [1.82, 2.24) is 10.9 Å². The summed E-state index contributed by atoms with van der Waals surface area (Å²) in [5.74, 6) is 1.68. The molecule has 2 amide bonds. The van der Waals surface area contributed by atoms with Crippen LogP contribution < -0.4 is 29.8 Å². The second-order valence-corrected chi connectivity index (χ2v) is 11.3. The van der Waals surface area contributed by atoms with E-state index < -0.39 is 0 Å². The Hall–Kier alpha value is -4.32. The quantitative estimate of drug-likeness (QED) is 0.220. The minimum atomic E-state index is -0.262. The van der Waals surface area contributed by atoms with Gasteiger partial charge in [-0.1, -0.05) is 0 Å². The normalized spacial score (nSPS) is 17.6. The van der Waals surface area contributed by atoms with Crippen molar-refractivity contribution >= 4 is 24.2 Å². The van der Waals surface area contributed by atoms with Crippen LogP contribution in [-0.2, 0) is 38.0 Å². The minimum absolute atomic E-state index is 0.213. The van der Waals surface area contributed by atoms with Gasteiger partial charge >= 0.3 is 0 Å². The fraction of sp³-hybridized carbons (Fsp3) is 0.556. The van der Waals surface area contributed by atoms with Gasteiger partial charge < -0.3 is 47.4 Å². The Labute approximate surface area is 304 Å². The van der Waals surface area contributed by atoms with Crippen LogP contribution in [-0.4, -0.2) is 130 Å². The predicted molar refractivity (Wildman–Crippen MR) is 190 cm³/mol. The molecule has 0 unspecified atom stereocenters. The van der Waals surface area contributed by atoms with Gasteiger partial charge in [-0.3, -0.25) is 9.59 Å². The van der Waals surface area contributed by atoms with Gasteiger partial charge in [0, 0.05) is 12.8 Å². The number of amides is 2. The summed E-state index contributed by atoms with van der Waals surface area (Å²) in [7, 11) is 0. The number of fused-ring (bicyclic) bond motifs is 2. The van der Waals surface area contributed by atoms with E-state index in [1.54, 1.807) is 24.3 Å². The van der Waals surface area contributed by atoms with Crippen molar-refractivity contribution in [3.8, 4) is 23.0 Å². The second kappa shape index (κ2) is 25.6. The summed E-state index contributed by atoms with van der Waals surface area (Å²) in [6, 6.07) is 10.7. The van der Waals surface area contributed by atoms with E-state index in [1.165, 1.54) is 12.4 Å². The molecule has 2 aromatic carbocycles. The molecule has 52 heavy (non-hydrogen) atoms. The third-order valence-corrected chi connectivity index (χ3v) is 7.23. The van der Waals surface area contributed by atoms with Gasteiger partial charge in [0.05, 0.1) is 91.7 Å². The largest absolute Gasteiger partial charge is 0.487 e. The van der Waals surface area contributed by atoms with Crippen LogP contribution in [0.4, 0.5) is 0 Å². The van der Waals surface area contributed by atoms with Crippen LogP contribution in [0.1, 0.15) is 36.8 Å². The molecule has 2 aromatic rings. The van der Waals surface area contributed by atoms with Gasteiger partial charge in [-0.15, -0.1) is 0 Å². The second-order valence-electron chi connectivity index (χ2n) is 11.3. The lowest BCUT2D eigenvalue weighted by molar-refractivity contribution is -0.123. The minimum Gasteiger partial charge on any atom is -0.487 e. The lowest BCUT2D eigenvalue weighted by Crippen LogP contribution is -2.19. The van der Waals surface area contributed by atoms with E-state index in [1.807, 2.05) is 12.1 Å². The maximum absolute atomic E-state index is 12.3. The third-order valence-electron chi connectivity index (χ3n) is 7.23. The highest BCUT2D eigenvalue weighted by molar-refractivity contribution is 5.84. The van der Waals surface area contributed by atoms with Crippen LogP contribution in [0.15, 0.2) is 46.6 Å². The third kappa shape index (κ3) is 17.3. The molecule has 16 nitrogen and oxygen atoms in total. The fourth-order valence-corrected chi connectivity index (χ4v) is 4.64. The average Bonchev–Trinajstić information content (AvgIpc) is 3.16. The highest BCUT2D eigenvalue weighted by atomic mass is 16.6. The molecule has 0 atom stereocenters. The molecule has 0 aliphatic carbocycles. The average molecular weight is 731 g/mol. The van der Waals surface area contributed by atoms with Crippen LogP contribution in [0, 0.1) is 0 Å².